The lowest BCUT2D eigenvalue weighted by molar-refractivity contribution is 0.590. The van der Waals surface area contributed by atoms with Gasteiger partial charge in [-0.1, -0.05) is 262 Å². The van der Waals surface area contributed by atoms with E-state index in [2.05, 4.69) is 390 Å². The monoisotopic (exact) mass is 1340 g/mol. The Kier molecular flexibility index (Phi) is 15.1. The van der Waals surface area contributed by atoms with Crippen molar-refractivity contribution in [3.63, 3.8) is 0 Å². The Morgan fingerprint density at radius 3 is 0.796 bits per heavy atom. The topological polar surface area (TPSA) is 42.1 Å². The van der Waals surface area contributed by atoms with Crippen LogP contribution in [0.15, 0.2) is 267 Å². The Morgan fingerprint density at radius 1 is 0.262 bits per heavy atom. The van der Waals surface area contributed by atoms with Crippen molar-refractivity contribution < 1.29 is 0 Å². The summed E-state index contributed by atoms with van der Waals surface area (Å²) in [6.45, 7) is 34.8. The van der Waals surface area contributed by atoms with Crippen molar-refractivity contribution in [2.24, 2.45) is 0 Å². The molecular formula is C96H89BN6. The molecule has 0 atom stereocenters. The van der Waals surface area contributed by atoms with Gasteiger partial charge in [-0.2, -0.15) is 0 Å². The first-order valence-corrected chi connectivity index (χ1v) is 36.7. The van der Waals surface area contributed by atoms with Crippen molar-refractivity contribution in [2.75, 3.05) is 9.80 Å². The Labute approximate surface area is 608 Å². The molecule has 0 radical (unpaired) electrons. The fourth-order valence-electron chi connectivity index (χ4n) is 16.3. The van der Waals surface area contributed by atoms with E-state index in [0.717, 1.165) is 90.0 Å². The molecule has 506 valence electrons. The van der Waals surface area contributed by atoms with Gasteiger partial charge in [0, 0.05) is 103 Å². The Bertz CT molecular complexity index is 5280. The Morgan fingerprint density at radius 2 is 0.534 bits per heavy atom. The average Bonchev–Trinajstić information content (AvgIpc) is 1.07. The molecule has 2 aliphatic heterocycles. The highest BCUT2D eigenvalue weighted by Crippen LogP contribution is 2.54. The summed E-state index contributed by atoms with van der Waals surface area (Å²) in [5.74, 6) is 0. The second-order valence-electron chi connectivity index (χ2n) is 34.0. The predicted octanol–water partition coefficient (Wildman–Crippen LogP) is 23.9. The maximum atomic E-state index is 5.20. The first-order valence-electron chi connectivity index (χ1n) is 36.7. The van der Waals surface area contributed by atoms with Crippen LogP contribution in [-0.2, 0) is 27.1 Å². The highest BCUT2D eigenvalue weighted by Gasteiger charge is 2.46. The van der Waals surface area contributed by atoms with E-state index in [-0.39, 0.29) is 33.8 Å². The van der Waals surface area contributed by atoms with E-state index in [9.17, 15) is 0 Å². The summed E-state index contributed by atoms with van der Waals surface area (Å²) >= 11 is 0. The predicted molar refractivity (Wildman–Crippen MR) is 440 cm³/mol. The molecule has 0 N–H and O–H groups in total. The standard InChI is InChI=1S/C96H89BN6/c1-92(2,3)64-36-44-81-71(48-64)72-49-65(93(4,5)6)37-45-82(72)100(81)69-40-42-79-85(54-69)102(90-75(60-28-20-16-21-29-60)56-98-57-76(90)61-30-22-17-23-31-61)87-52-68(96(13,14)15)53-88-89(87)97(79)80-43-41-70(101-83-46-38-66(94(7,8)9)50-73(83)74-51-67(95(10,11)12)39-47-84(74)101)55-86(80)103(88)91-77(62-32-24-18-25-33-62)58-99-59-78(91)63-34-26-19-27-35-63/h16-59H,1-15H3. The number of hydrogen-bond donors (Lipinski definition) is 0. The van der Waals surface area contributed by atoms with Gasteiger partial charge in [-0.3, -0.25) is 9.97 Å². The zero-order valence-electron chi connectivity index (χ0n) is 62.2. The second kappa shape index (κ2) is 23.8. The van der Waals surface area contributed by atoms with E-state index < -0.39 is 0 Å². The number of nitrogens with zero attached hydrogens (tertiary/aromatic N) is 6. The van der Waals surface area contributed by atoms with Gasteiger partial charge in [-0.25, -0.2) is 0 Å². The summed E-state index contributed by atoms with van der Waals surface area (Å²) in [5, 5.41) is 5.02. The van der Waals surface area contributed by atoms with Crippen molar-refractivity contribution in [2.45, 2.75) is 131 Å². The van der Waals surface area contributed by atoms with Gasteiger partial charge in [0.15, 0.2) is 0 Å². The maximum absolute atomic E-state index is 5.20. The second-order valence-corrected chi connectivity index (χ2v) is 34.0. The first-order chi connectivity index (χ1) is 49.3. The SMILES string of the molecule is CC(C)(C)c1cc2c3c(c1)N(c1c(-c4ccccc4)cncc1-c1ccccc1)c1cc(-n4c5ccc(C(C)(C)C)cc5c5cc(C(C)(C)C)ccc54)ccc1B3c1ccc(-n3c4ccc(C(C)(C)C)cc4c4cc(C(C)(C)C)ccc43)cc1N2c1c(-c2ccccc2)cncc1-c1ccccc1. The highest BCUT2D eigenvalue weighted by atomic mass is 15.2. The first kappa shape index (κ1) is 65.3. The molecular weight excluding hydrogens is 1250 g/mol. The van der Waals surface area contributed by atoms with Gasteiger partial charge in [0.25, 0.3) is 6.71 Å². The zero-order chi connectivity index (χ0) is 71.4. The van der Waals surface area contributed by atoms with Gasteiger partial charge in [-0.05, 0) is 178 Å². The average molecular weight is 1340 g/mol. The van der Waals surface area contributed by atoms with Crippen LogP contribution in [0.1, 0.15) is 132 Å². The summed E-state index contributed by atoms with van der Waals surface area (Å²) in [7, 11) is 0. The van der Waals surface area contributed by atoms with Crippen molar-refractivity contribution in [1.82, 2.24) is 19.1 Å². The van der Waals surface area contributed by atoms with Crippen LogP contribution in [0.2, 0.25) is 0 Å². The van der Waals surface area contributed by atoms with Crippen LogP contribution >= 0.6 is 0 Å². The molecule has 0 fully saturated rings. The van der Waals surface area contributed by atoms with Gasteiger partial charge >= 0.3 is 0 Å². The molecule has 4 aromatic heterocycles. The van der Waals surface area contributed by atoms with Crippen LogP contribution in [0.3, 0.4) is 0 Å². The lowest BCUT2D eigenvalue weighted by Crippen LogP contribution is -2.61. The van der Waals surface area contributed by atoms with Crippen LogP contribution in [0, 0.1) is 0 Å². The highest BCUT2D eigenvalue weighted by molar-refractivity contribution is 7.00. The molecule has 6 nitrogen and oxygen atoms in total. The molecule has 103 heavy (non-hydrogen) atoms. The molecule has 2 aliphatic rings. The summed E-state index contributed by atoms with van der Waals surface area (Å²) in [5.41, 5.74) is 31.4. The van der Waals surface area contributed by atoms with Crippen LogP contribution in [-0.4, -0.2) is 25.8 Å². The smallest absolute Gasteiger partial charge is 0.252 e. The third-order valence-electron chi connectivity index (χ3n) is 22.0. The van der Waals surface area contributed by atoms with Crippen LogP contribution < -0.4 is 26.2 Å². The lowest BCUT2D eigenvalue weighted by Gasteiger charge is -2.46. The third-order valence-corrected chi connectivity index (χ3v) is 22.0. The van der Waals surface area contributed by atoms with Crippen LogP contribution in [0.4, 0.5) is 34.1 Å². The molecule has 15 aromatic rings. The van der Waals surface area contributed by atoms with Gasteiger partial charge in [0.05, 0.1) is 33.4 Å². The van der Waals surface area contributed by atoms with E-state index in [1.165, 1.54) is 87.8 Å². The molecule has 0 amide bonds. The maximum Gasteiger partial charge on any atom is 0.252 e. The molecule has 0 spiro atoms. The quantitative estimate of drug-likeness (QED) is 0.142. The number of fused-ring (bicyclic) bond motifs is 10. The summed E-state index contributed by atoms with van der Waals surface area (Å²) in [4.78, 5) is 15.7. The molecule has 7 heteroatoms. The number of benzene rings is 11. The fraction of sp³-hybridized carbons (Fsp3) is 0.208. The van der Waals surface area contributed by atoms with Crippen molar-refractivity contribution in [3.05, 3.63) is 295 Å². The molecule has 0 unspecified atom stereocenters. The van der Waals surface area contributed by atoms with E-state index in [1.807, 2.05) is 0 Å². The number of pyridine rings is 2. The molecule has 0 aliphatic carbocycles. The lowest BCUT2D eigenvalue weighted by atomic mass is 9.33. The molecule has 0 saturated heterocycles. The van der Waals surface area contributed by atoms with Gasteiger partial charge in [0.2, 0.25) is 0 Å². The van der Waals surface area contributed by atoms with E-state index in [0.29, 0.717) is 0 Å². The van der Waals surface area contributed by atoms with Gasteiger partial charge < -0.3 is 18.9 Å². The largest absolute Gasteiger partial charge is 0.310 e. The summed E-state index contributed by atoms with van der Waals surface area (Å²) in [6.07, 6.45) is 8.39. The minimum atomic E-state index is -0.338. The molecule has 0 saturated carbocycles. The van der Waals surface area contributed by atoms with E-state index in [1.54, 1.807) is 0 Å². The fourth-order valence-corrected chi connectivity index (χ4v) is 16.3. The van der Waals surface area contributed by atoms with Gasteiger partial charge in [-0.15, -0.1) is 0 Å². The Hall–Kier alpha value is -11.0. The minimum absolute atomic E-state index is 0.0573. The number of anilines is 6. The molecule has 17 rings (SSSR count). The number of aromatic nitrogens is 4. The van der Waals surface area contributed by atoms with Crippen LogP contribution in [0.25, 0.3) is 99.5 Å². The third kappa shape index (κ3) is 10.9. The van der Waals surface area contributed by atoms with E-state index in [4.69, 9.17) is 9.97 Å². The molecule has 6 heterocycles. The van der Waals surface area contributed by atoms with Crippen molar-refractivity contribution in [1.29, 1.82) is 0 Å². The normalized spacial score (nSPS) is 13.3. The molecule has 11 aromatic carbocycles. The van der Waals surface area contributed by atoms with Gasteiger partial charge in [0.1, 0.15) is 0 Å². The summed E-state index contributed by atoms with van der Waals surface area (Å²) < 4.78 is 5.08. The molecule has 0 bridgehead atoms. The van der Waals surface area contributed by atoms with Crippen molar-refractivity contribution >= 4 is 101 Å². The number of rotatable bonds is 8. The minimum Gasteiger partial charge on any atom is -0.310 e. The zero-order valence-corrected chi connectivity index (χ0v) is 62.2. The van der Waals surface area contributed by atoms with Crippen molar-refractivity contribution in [3.8, 4) is 55.9 Å². The van der Waals surface area contributed by atoms with Crippen LogP contribution in [0.5, 0.6) is 0 Å². The van der Waals surface area contributed by atoms with E-state index >= 15 is 0 Å². The summed E-state index contributed by atoms with van der Waals surface area (Å²) in [6, 6.07) is 92.4. The Balaban J connectivity index is 1.04. The number of hydrogen-bond acceptors (Lipinski definition) is 4.